The third-order valence-electron chi connectivity index (χ3n) is 2.09. The number of hydrogen-bond donors (Lipinski definition) is 0. The van der Waals surface area contributed by atoms with Crippen LogP contribution in [0.3, 0.4) is 0 Å². The first-order valence-electron chi connectivity index (χ1n) is 4.87. The molecule has 0 aliphatic carbocycles. The predicted octanol–water partition coefficient (Wildman–Crippen LogP) is 4.04. The average Bonchev–Trinajstić information content (AvgIpc) is 2.31. The summed E-state index contributed by atoms with van der Waals surface area (Å²) in [6, 6.07) is 11.3. The SMILES string of the molecule is O=Cc1cc(F)cc(Oc2ccccc2I)c1. The van der Waals surface area contributed by atoms with Crippen molar-refractivity contribution in [3.8, 4) is 11.5 Å². The summed E-state index contributed by atoms with van der Waals surface area (Å²) in [7, 11) is 0. The van der Waals surface area contributed by atoms with E-state index in [4.69, 9.17) is 4.74 Å². The fraction of sp³-hybridized carbons (Fsp3) is 0. The number of carbonyl (C=O) groups excluding carboxylic acids is 1. The van der Waals surface area contributed by atoms with Crippen molar-refractivity contribution in [1.82, 2.24) is 0 Å². The molecule has 0 atom stereocenters. The van der Waals surface area contributed by atoms with E-state index in [-0.39, 0.29) is 5.56 Å². The molecule has 0 saturated carbocycles. The Kier molecular flexibility index (Phi) is 3.73. The third-order valence-corrected chi connectivity index (χ3v) is 2.99. The zero-order valence-corrected chi connectivity index (χ0v) is 10.8. The van der Waals surface area contributed by atoms with E-state index >= 15 is 0 Å². The van der Waals surface area contributed by atoms with Gasteiger partial charge in [-0.05, 0) is 46.9 Å². The second-order valence-corrected chi connectivity index (χ2v) is 4.53. The molecule has 0 aliphatic rings. The van der Waals surface area contributed by atoms with Crippen LogP contribution in [-0.2, 0) is 0 Å². The molecule has 0 spiro atoms. The molecule has 2 rings (SSSR count). The van der Waals surface area contributed by atoms with Gasteiger partial charge in [0.15, 0.2) is 0 Å². The second-order valence-electron chi connectivity index (χ2n) is 3.37. The van der Waals surface area contributed by atoms with E-state index in [1.54, 1.807) is 6.07 Å². The van der Waals surface area contributed by atoms with Gasteiger partial charge in [-0.15, -0.1) is 0 Å². The van der Waals surface area contributed by atoms with E-state index in [2.05, 4.69) is 22.6 Å². The largest absolute Gasteiger partial charge is 0.456 e. The maximum absolute atomic E-state index is 13.2. The molecule has 0 bridgehead atoms. The van der Waals surface area contributed by atoms with Crippen molar-refractivity contribution in [2.45, 2.75) is 0 Å². The standard InChI is InChI=1S/C13H8FIO2/c14-10-5-9(8-16)6-11(7-10)17-13-4-2-1-3-12(13)15/h1-8H. The van der Waals surface area contributed by atoms with E-state index in [9.17, 15) is 9.18 Å². The van der Waals surface area contributed by atoms with Crippen molar-refractivity contribution in [3.63, 3.8) is 0 Å². The number of carbonyl (C=O) groups is 1. The van der Waals surface area contributed by atoms with Gasteiger partial charge in [-0.1, -0.05) is 12.1 Å². The fourth-order valence-corrected chi connectivity index (χ4v) is 1.86. The molecule has 0 radical (unpaired) electrons. The van der Waals surface area contributed by atoms with Crippen LogP contribution in [0.15, 0.2) is 42.5 Å². The molecule has 0 N–H and O–H groups in total. The molecule has 17 heavy (non-hydrogen) atoms. The molecule has 4 heteroatoms. The lowest BCUT2D eigenvalue weighted by Gasteiger charge is -2.08. The number of para-hydroxylation sites is 1. The quantitative estimate of drug-likeness (QED) is 0.622. The van der Waals surface area contributed by atoms with Gasteiger partial charge in [-0.3, -0.25) is 4.79 Å². The first-order valence-corrected chi connectivity index (χ1v) is 5.95. The number of ether oxygens (including phenoxy) is 1. The van der Waals surface area contributed by atoms with Crippen LogP contribution in [0.4, 0.5) is 4.39 Å². The lowest BCUT2D eigenvalue weighted by atomic mass is 10.2. The van der Waals surface area contributed by atoms with Gasteiger partial charge in [0.2, 0.25) is 0 Å². The van der Waals surface area contributed by atoms with Crippen molar-refractivity contribution in [1.29, 1.82) is 0 Å². The predicted molar refractivity (Wildman–Crippen MR) is 71.0 cm³/mol. The highest BCUT2D eigenvalue weighted by Gasteiger charge is 2.04. The van der Waals surface area contributed by atoms with Gasteiger partial charge in [0.1, 0.15) is 23.6 Å². The molecule has 0 amide bonds. The summed E-state index contributed by atoms with van der Waals surface area (Å²) in [5.74, 6) is 0.460. The van der Waals surface area contributed by atoms with E-state index in [1.807, 2.05) is 18.2 Å². The van der Waals surface area contributed by atoms with Gasteiger partial charge in [-0.25, -0.2) is 4.39 Å². The Bertz CT molecular complexity index is 555. The van der Waals surface area contributed by atoms with Crippen LogP contribution in [0.1, 0.15) is 10.4 Å². The summed E-state index contributed by atoms with van der Waals surface area (Å²) in [5, 5.41) is 0. The summed E-state index contributed by atoms with van der Waals surface area (Å²) in [4.78, 5) is 10.6. The number of halogens is 2. The highest BCUT2D eigenvalue weighted by Crippen LogP contribution is 2.27. The Morgan fingerprint density at radius 3 is 2.65 bits per heavy atom. The van der Waals surface area contributed by atoms with Crippen molar-refractivity contribution >= 4 is 28.9 Å². The molecular weight excluding hydrogens is 334 g/mol. The first-order chi connectivity index (χ1) is 8.19. The van der Waals surface area contributed by atoms with Crippen LogP contribution < -0.4 is 4.74 Å². The molecule has 0 heterocycles. The molecule has 2 aromatic rings. The second kappa shape index (κ2) is 5.27. The maximum Gasteiger partial charge on any atom is 0.150 e. The maximum atomic E-state index is 13.2. The smallest absolute Gasteiger partial charge is 0.150 e. The molecule has 0 aliphatic heterocycles. The summed E-state index contributed by atoms with van der Waals surface area (Å²) in [6.07, 6.45) is 0.589. The molecule has 0 saturated heterocycles. The molecule has 2 nitrogen and oxygen atoms in total. The van der Waals surface area contributed by atoms with Gasteiger partial charge < -0.3 is 4.74 Å². The lowest BCUT2D eigenvalue weighted by molar-refractivity contribution is 0.112. The first kappa shape index (κ1) is 12.0. The topological polar surface area (TPSA) is 26.3 Å². The van der Waals surface area contributed by atoms with Gasteiger partial charge in [0.05, 0.1) is 3.57 Å². The highest BCUT2D eigenvalue weighted by molar-refractivity contribution is 14.1. The fourth-order valence-electron chi connectivity index (χ4n) is 1.37. The highest BCUT2D eigenvalue weighted by atomic mass is 127. The van der Waals surface area contributed by atoms with Crippen molar-refractivity contribution in [2.24, 2.45) is 0 Å². The lowest BCUT2D eigenvalue weighted by Crippen LogP contribution is -1.90. The molecule has 0 aromatic heterocycles. The van der Waals surface area contributed by atoms with Crippen molar-refractivity contribution in [3.05, 3.63) is 57.4 Å². The van der Waals surface area contributed by atoms with E-state index in [0.717, 1.165) is 9.64 Å². The molecule has 0 fully saturated rings. The summed E-state index contributed by atoms with van der Waals surface area (Å²) < 4.78 is 19.6. The van der Waals surface area contributed by atoms with E-state index in [0.29, 0.717) is 17.8 Å². The van der Waals surface area contributed by atoms with Crippen molar-refractivity contribution < 1.29 is 13.9 Å². The van der Waals surface area contributed by atoms with Gasteiger partial charge in [-0.2, -0.15) is 0 Å². The minimum atomic E-state index is -0.490. The number of benzene rings is 2. The van der Waals surface area contributed by atoms with Crippen molar-refractivity contribution in [2.75, 3.05) is 0 Å². The van der Waals surface area contributed by atoms with E-state index in [1.165, 1.54) is 12.1 Å². The number of aldehydes is 1. The van der Waals surface area contributed by atoms with Crippen LogP contribution in [0.2, 0.25) is 0 Å². The van der Waals surface area contributed by atoms with Crippen LogP contribution in [-0.4, -0.2) is 6.29 Å². The zero-order chi connectivity index (χ0) is 12.3. The monoisotopic (exact) mass is 342 g/mol. The van der Waals surface area contributed by atoms with Crippen LogP contribution in [0.25, 0.3) is 0 Å². The molecule has 2 aromatic carbocycles. The molecule has 86 valence electrons. The Hall–Kier alpha value is -1.43. The summed E-state index contributed by atoms with van der Waals surface area (Å²) in [6.45, 7) is 0. The number of hydrogen-bond acceptors (Lipinski definition) is 2. The normalized spacial score (nSPS) is 10.0. The minimum absolute atomic E-state index is 0.255. The zero-order valence-electron chi connectivity index (χ0n) is 8.69. The Labute approximate surface area is 112 Å². The van der Waals surface area contributed by atoms with Crippen LogP contribution >= 0.6 is 22.6 Å². The summed E-state index contributed by atoms with van der Waals surface area (Å²) in [5.41, 5.74) is 0.255. The van der Waals surface area contributed by atoms with Crippen LogP contribution in [0, 0.1) is 9.39 Å². The number of rotatable bonds is 3. The summed E-state index contributed by atoms with van der Waals surface area (Å²) >= 11 is 2.13. The molecule has 0 unspecified atom stereocenters. The average molecular weight is 342 g/mol. The van der Waals surface area contributed by atoms with Gasteiger partial charge in [0.25, 0.3) is 0 Å². The van der Waals surface area contributed by atoms with Crippen LogP contribution in [0.5, 0.6) is 11.5 Å². The Balaban J connectivity index is 2.33. The Morgan fingerprint density at radius 1 is 1.18 bits per heavy atom. The Morgan fingerprint density at radius 2 is 1.94 bits per heavy atom. The third kappa shape index (κ3) is 3.03. The minimum Gasteiger partial charge on any atom is -0.456 e. The molecular formula is C13H8FIO2. The van der Waals surface area contributed by atoms with Gasteiger partial charge >= 0.3 is 0 Å². The van der Waals surface area contributed by atoms with Gasteiger partial charge in [0, 0.05) is 11.6 Å². The van der Waals surface area contributed by atoms with E-state index < -0.39 is 5.82 Å².